The first-order chi connectivity index (χ1) is 19.9. The summed E-state index contributed by atoms with van der Waals surface area (Å²) in [5.41, 5.74) is 4.22. The maximum atomic E-state index is 11.7. The van der Waals surface area contributed by atoms with Crippen molar-refractivity contribution in [2.45, 2.75) is 13.3 Å². The van der Waals surface area contributed by atoms with Crippen molar-refractivity contribution < 1.29 is 28.0 Å². The minimum Gasteiger partial charge on any atom is -0.423 e. The van der Waals surface area contributed by atoms with Gasteiger partial charge in [-0.2, -0.15) is 10.2 Å². The fourth-order valence-electron chi connectivity index (χ4n) is 3.54. The molecule has 11 nitrogen and oxygen atoms in total. The number of aromatic amines is 2. The third-order valence-electron chi connectivity index (χ3n) is 5.58. The molecule has 6 aromatic rings. The largest absolute Gasteiger partial charge is 0.573 e. The molecule has 0 aliphatic rings. The smallest absolute Gasteiger partial charge is 0.423 e. The lowest BCUT2D eigenvalue weighted by atomic mass is 9.80. The van der Waals surface area contributed by atoms with E-state index in [2.05, 4.69) is 53.2 Å². The molecule has 0 unspecified atom stereocenters. The third kappa shape index (κ3) is 7.96. The van der Waals surface area contributed by atoms with Gasteiger partial charge in [-0.05, 0) is 75.8 Å². The second kappa shape index (κ2) is 12.9. The van der Waals surface area contributed by atoms with Crippen molar-refractivity contribution in [3.63, 3.8) is 0 Å². The maximum Gasteiger partial charge on any atom is 0.573 e. The Morgan fingerprint density at radius 3 is 1.86 bits per heavy atom. The first kappa shape index (κ1) is 30.3. The van der Waals surface area contributed by atoms with Crippen LogP contribution in [0.5, 0.6) is 5.75 Å². The van der Waals surface area contributed by atoms with Gasteiger partial charge in [-0.25, -0.2) is 28.6 Å². The summed E-state index contributed by atoms with van der Waals surface area (Å²) in [7, 11) is -1.70. The van der Waals surface area contributed by atoms with Gasteiger partial charge in [0.05, 0.1) is 0 Å². The molecule has 0 aliphatic heterocycles. The molecule has 4 heterocycles. The van der Waals surface area contributed by atoms with Gasteiger partial charge in [0.25, 0.3) is 0 Å². The average Bonchev–Trinajstić information content (AvgIpc) is 3.50. The number of rotatable bonds is 3. The van der Waals surface area contributed by atoms with Gasteiger partial charge in [0, 0.05) is 16.9 Å². The highest BCUT2D eigenvalue weighted by molar-refractivity contribution is 9.10. The Labute approximate surface area is 243 Å². The van der Waals surface area contributed by atoms with Crippen LogP contribution in [0.25, 0.3) is 22.4 Å². The van der Waals surface area contributed by atoms with Crippen LogP contribution in [-0.2, 0) is 0 Å². The van der Waals surface area contributed by atoms with Gasteiger partial charge in [-0.15, -0.1) is 13.2 Å². The van der Waals surface area contributed by atoms with E-state index in [-0.39, 0.29) is 16.8 Å². The Hall–Kier alpha value is -4.67. The maximum absolute atomic E-state index is 11.7. The van der Waals surface area contributed by atoms with E-state index in [9.17, 15) is 22.8 Å². The molecular formula is C26H21BBrF3N6O5. The number of hydrogen-bond acceptors (Lipinski definition) is 7. The number of hydrogen-bond donors (Lipinski definition) is 4. The predicted octanol–water partition coefficient (Wildman–Crippen LogP) is 3.05. The molecule has 4 N–H and O–H groups in total. The molecule has 2 aromatic carbocycles. The van der Waals surface area contributed by atoms with Gasteiger partial charge in [0.15, 0.2) is 11.3 Å². The van der Waals surface area contributed by atoms with E-state index < -0.39 is 19.2 Å². The van der Waals surface area contributed by atoms with E-state index >= 15 is 0 Å². The molecule has 0 radical (unpaired) electrons. The number of pyridine rings is 2. The molecule has 0 amide bonds. The van der Waals surface area contributed by atoms with E-state index in [1.54, 1.807) is 18.5 Å². The van der Waals surface area contributed by atoms with Crippen LogP contribution < -0.4 is 21.6 Å². The Morgan fingerprint density at radius 1 is 0.786 bits per heavy atom. The zero-order valence-corrected chi connectivity index (χ0v) is 23.2. The van der Waals surface area contributed by atoms with Gasteiger partial charge in [0.1, 0.15) is 5.75 Å². The van der Waals surface area contributed by atoms with Crippen LogP contribution in [0.2, 0.25) is 0 Å². The molecule has 216 valence electrons. The molecule has 6 rings (SSSR count). The summed E-state index contributed by atoms with van der Waals surface area (Å²) in [4.78, 5) is 22.4. The highest BCUT2D eigenvalue weighted by atomic mass is 79.9. The van der Waals surface area contributed by atoms with Crippen LogP contribution in [0.15, 0.2) is 99.3 Å². The standard InChI is InChI=1S/C13H11N3O.C7H6BF3O3.C6H4BrN3O/c1-9-2-4-10(5-3-9)11-6-7-12-14-15-13(17)16(12)8-11;9-7(10,11)14-6-3-1-5(2-4-6)8(12)13;7-4-1-2-5-8-9-6(11)10(5)3-4/h2-8H,1H3,(H,15,17);1-4,12-13H;1-3H,(H,9,11). The summed E-state index contributed by atoms with van der Waals surface area (Å²) in [6.45, 7) is 2.05. The number of halogens is 4. The number of benzene rings is 2. The Morgan fingerprint density at radius 2 is 1.31 bits per heavy atom. The van der Waals surface area contributed by atoms with Gasteiger partial charge in [0.2, 0.25) is 0 Å². The zero-order chi connectivity index (χ0) is 30.4. The molecule has 4 aromatic heterocycles. The topological polar surface area (TPSA) is 150 Å². The van der Waals surface area contributed by atoms with Crippen LogP contribution >= 0.6 is 15.9 Å². The molecule has 0 saturated carbocycles. The van der Waals surface area contributed by atoms with Crippen molar-refractivity contribution in [2.24, 2.45) is 0 Å². The lowest BCUT2D eigenvalue weighted by molar-refractivity contribution is -0.274. The van der Waals surface area contributed by atoms with Gasteiger partial charge in [-0.1, -0.05) is 42.0 Å². The van der Waals surface area contributed by atoms with Crippen molar-refractivity contribution in [3.05, 3.63) is 116 Å². The number of nitrogens with one attached hydrogen (secondary N) is 2. The molecule has 0 atom stereocenters. The quantitative estimate of drug-likeness (QED) is 0.216. The fraction of sp³-hybridized carbons (Fsp3) is 0.0769. The Balaban J connectivity index is 0.000000148. The Bertz CT molecular complexity index is 1900. The number of fused-ring (bicyclic) bond motifs is 2. The van der Waals surface area contributed by atoms with Gasteiger partial charge in [-0.3, -0.25) is 0 Å². The van der Waals surface area contributed by atoms with Crippen molar-refractivity contribution >= 4 is 39.8 Å². The number of aryl methyl sites for hydroxylation is 1. The number of ether oxygens (including phenoxy) is 1. The number of H-pyrrole nitrogens is 2. The van der Waals surface area contributed by atoms with Crippen LogP contribution in [0.3, 0.4) is 0 Å². The highest BCUT2D eigenvalue weighted by Gasteiger charge is 2.31. The van der Waals surface area contributed by atoms with E-state index in [1.165, 1.54) is 14.4 Å². The lowest BCUT2D eigenvalue weighted by Gasteiger charge is -2.08. The average molecular weight is 645 g/mol. The van der Waals surface area contributed by atoms with E-state index in [0.29, 0.717) is 11.3 Å². The first-order valence-corrected chi connectivity index (χ1v) is 12.8. The zero-order valence-electron chi connectivity index (χ0n) is 21.6. The first-order valence-electron chi connectivity index (χ1n) is 12.0. The van der Waals surface area contributed by atoms with E-state index in [4.69, 9.17) is 10.0 Å². The van der Waals surface area contributed by atoms with Crippen LogP contribution in [0.1, 0.15) is 5.56 Å². The Kier molecular flexibility index (Phi) is 9.30. The SMILES string of the molecule is Cc1ccc(-c2ccc3n[nH]c(=O)n3c2)cc1.O=c1[nH]nc2ccc(Br)cn12.OB(O)c1ccc(OC(F)(F)F)cc1. The van der Waals surface area contributed by atoms with E-state index in [1.807, 2.05) is 37.3 Å². The summed E-state index contributed by atoms with van der Waals surface area (Å²) < 4.78 is 42.4. The highest BCUT2D eigenvalue weighted by Crippen LogP contribution is 2.21. The molecule has 0 bridgehead atoms. The van der Waals surface area contributed by atoms with Crippen LogP contribution in [0.4, 0.5) is 13.2 Å². The summed E-state index contributed by atoms with van der Waals surface area (Å²) in [6.07, 6.45) is -1.27. The minimum absolute atomic E-state index is 0.0968. The second-order valence-corrected chi connectivity index (χ2v) is 9.55. The van der Waals surface area contributed by atoms with Crippen molar-refractivity contribution in [1.29, 1.82) is 0 Å². The molecule has 0 saturated heterocycles. The number of nitrogens with zero attached hydrogens (tertiary/aromatic N) is 4. The van der Waals surface area contributed by atoms with Gasteiger partial charge < -0.3 is 14.8 Å². The summed E-state index contributed by atoms with van der Waals surface area (Å²) in [5.74, 6) is -0.401. The predicted molar refractivity (Wildman–Crippen MR) is 152 cm³/mol. The van der Waals surface area contributed by atoms with Crippen molar-refractivity contribution in [1.82, 2.24) is 29.2 Å². The lowest BCUT2D eigenvalue weighted by Crippen LogP contribution is -2.29. The second-order valence-electron chi connectivity index (χ2n) is 8.64. The molecular weight excluding hydrogens is 624 g/mol. The molecule has 16 heteroatoms. The molecule has 0 spiro atoms. The summed E-state index contributed by atoms with van der Waals surface area (Å²) in [6, 6.07) is 19.8. The molecule has 42 heavy (non-hydrogen) atoms. The summed E-state index contributed by atoms with van der Waals surface area (Å²) in [5, 5.41) is 29.7. The summed E-state index contributed by atoms with van der Waals surface area (Å²) >= 11 is 3.25. The number of aromatic nitrogens is 6. The van der Waals surface area contributed by atoms with Crippen molar-refractivity contribution in [3.8, 4) is 16.9 Å². The van der Waals surface area contributed by atoms with Crippen molar-refractivity contribution in [2.75, 3.05) is 0 Å². The fourth-order valence-corrected chi connectivity index (χ4v) is 3.88. The van der Waals surface area contributed by atoms with Gasteiger partial charge >= 0.3 is 24.9 Å². The molecule has 0 aliphatic carbocycles. The third-order valence-corrected chi connectivity index (χ3v) is 6.05. The van der Waals surface area contributed by atoms with Crippen LogP contribution in [-0.4, -0.2) is 52.7 Å². The van der Waals surface area contributed by atoms with Crippen LogP contribution in [0, 0.1) is 6.92 Å². The monoisotopic (exact) mass is 644 g/mol. The minimum atomic E-state index is -4.74. The molecule has 0 fully saturated rings. The van der Waals surface area contributed by atoms with E-state index in [0.717, 1.165) is 39.9 Å². The normalized spacial score (nSPS) is 10.9. The number of alkyl halides is 3.